The van der Waals surface area contributed by atoms with Gasteiger partial charge in [0.25, 0.3) is 0 Å². The molecule has 25 heavy (non-hydrogen) atoms. The van der Waals surface area contributed by atoms with Crippen LogP contribution in [0.2, 0.25) is 0 Å². The summed E-state index contributed by atoms with van der Waals surface area (Å²) >= 11 is 0. The molecule has 2 aromatic rings. The van der Waals surface area contributed by atoms with E-state index < -0.39 is 0 Å². The fourth-order valence-corrected chi connectivity index (χ4v) is 2.51. The minimum absolute atomic E-state index is 0.336. The van der Waals surface area contributed by atoms with E-state index in [0.29, 0.717) is 6.54 Å². The Morgan fingerprint density at radius 2 is 1.52 bits per heavy atom. The van der Waals surface area contributed by atoms with Crippen molar-refractivity contribution in [2.75, 3.05) is 0 Å². The highest BCUT2D eigenvalue weighted by Crippen LogP contribution is 2.36. The van der Waals surface area contributed by atoms with E-state index in [9.17, 15) is 0 Å². The molecule has 0 aromatic heterocycles. The van der Waals surface area contributed by atoms with E-state index in [1.54, 1.807) is 0 Å². The van der Waals surface area contributed by atoms with Crippen molar-refractivity contribution >= 4 is 19.0 Å². The van der Waals surface area contributed by atoms with E-state index in [1.807, 2.05) is 82.3 Å². The number of hydrogen-bond acceptors (Lipinski definition) is 4. The molecule has 2 aromatic carbocycles. The molecular formula is C20H24BNO3. The molecule has 0 radical (unpaired) electrons. The monoisotopic (exact) mass is 337 g/mol. The first kappa shape index (κ1) is 17.7. The van der Waals surface area contributed by atoms with Crippen molar-refractivity contribution in [1.82, 2.24) is 0 Å². The standard InChI is InChI=1S/C20H24BNO3/c1-19(2)20(3,4)25-21(24-19)17-10-12-18(13-11-17)23-15-22-14-16-8-6-5-7-9-16/h5-13,15H,14H2,1-4H3. The summed E-state index contributed by atoms with van der Waals surface area (Å²) in [5.74, 6) is 0.733. The molecule has 1 fully saturated rings. The van der Waals surface area contributed by atoms with Crippen molar-refractivity contribution in [2.45, 2.75) is 45.4 Å². The van der Waals surface area contributed by atoms with Gasteiger partial charge in [-0.1, -0.05) is 42.5 Å². The molecule has 0 N–H and O–H groups in total. The van der Waals surface area contributed by atoms with Crippen molar-refractivity contribution in [3.05, 3.63) is 60.2 Å². The third kappa shape index (κ3) is 4.11. The van der Waals surface area contributed by atoms with E-state index in [4.69, 9.17) is 14.0 Å². The lowest BCUT2D eigenvalue weighted by Gasteiger charge is -2.32. The molecule has 1 heterocycles. The second-order valence-electron chi connectivity index (χ2n) is 7.21. The second kappa shape index (κ2) is 7.02. The Hall–Kier alpha value is -2.11. The topological polar surface area (TPSA) is 40.0 Å². The van der Waals surface area contributed by atoms with Gasteiger partial charge in [0.1, 0.15) is 5.75 Å². The Balaban J connectivity index is 1.56. The number of rotatable bonds is 5. The Kier molecular flexibility index (Phi) is 4.97. The molecule has 0 aliphatic carbocycles. The quantitative estimate of drug-likeness (QED) is 0.476. The third-order valence-electron chi connectivity index (χ3n) is 4.79. The van der Waals surface area contributed by atoms with Crippen LogP contribution in [0.3, 0.4) is 0 Å². The fraction of sp³-hybridized carbons (Fsp3) is 0.350. The van der Waals surface area contributed by atoms with Gasteiger partial charge in [-0.3, -0.25) is 4.99 Å². The van der Waals surface area contributed by atoms with Gasteiger partial charge in [-0.15, -0.1) is 0 Å². The zero-order valence-corrected chi connectivity index (χ0v) is 15.2. The molecule has 130 valence electrons. The van der Waals surface area contributed by atoms with Crippen molar-refractivity contribution in [3.63, 3.8) is 0 Å². The number of benzene rings is 2. The SMILES string of the molecule is CC1(C)OB(c2ccc(OC=NCc3ccccc3)cc2)OC1(C)C. The smallest absolute Gasteiger partial charge is 0.446 e. The van der Waals surface area contributed by atoms with Gasteiger partial charge < -0.3 is 14.0 Å². The van der Waals surface area contributed by atoms with Crippen molar-refractivity contribution in [3.8, 4) is 5.75 Å². The molecule has 4 nitrogen and oxygen atoms in total. The van der Waals surface area contributed by atoms with Gasteiger partial charge in [-0.2, -0.15) is 0 Å². The average Bonchev–Trinajstić information content (AvgIpc) is 2.81. The maximum Gasteiger partial charge on any atom is 0.494 e. The molecule has 1 saturated heterocycles. The Morgan fingerprint density at radius 1 is 0.920 bits per heavy atom. The van der Waals surface area contributed by atoms with Gasteiger partial charge in [-0.05, 0) is 50.9 Å². The molecule has 0 unspecified atom stereocenters. The van der Waals surface area contributed by atoms with Crippen LogP contribution in [0.1, 0.15) is 33.3 Å². The van der Waals surface area contributed by atoms with Crippen molar-refractivity contribution < 1.29 is 14.0 Å². The normalized spacial score (nSPS) is 18.6. The summed E-state index contributed by atoms with van der Waals surface area (Å²) in [6.45, 7) is 8.80. The molecule has 0 atom stereocenters. The Labute approximate surface area is 150 Å². The first-order valence-corrected chi connectivity index (χ1v) is 8.52. The molecule has 0 amide bonds. The predicted molar refractivity (Wildman–Crippen MR) is 101 cm³/mol. The van der Waals surface area contributed by atoms with Crippen LogP contribution in [0.4, 0.5) is 0 Å². The summed E-state index contributed by atoms with van der Waals surface area (Å²) in [7, 11) is -0.356. The van der Waals surface area contributed by atoms with Crippen LogP contribution in [0.25, 0.3) is 0 Å². The molecule has 0 spiro atoms. The summed E-state index contributed by atoms with van der Waals surface area (Å²) in [5.41, 5.74) is 1.46. The van der Waals surface area contributed by atoms with Gasteiger partial charge >= 0.3 is 7.12 Å². The van der Waals surface area contributed by atoms with Gasteiger partial charge in [-0.25, -0.2) is 0 Å². The molecule has 1 aliphatic heterocycles. The van der Waals surface area contributed by atoms with Gasteiger partial charge in [0.2, 0.25) is 0 Å². The highest BCUT2D eigenvalue weighted by atomic mass is 16.7. The molecule has 5 heteroatoms. The predicted octanol–water partition coefficient (Wildman–Crippen LogP) is 3.59. The lowest BCUT2D eigenvalue weighted by atomic mass is 9.79. The zero-order chi connectivity index (χ0) is 17.9. The first-order chi connectivity index (χ1) is 11.9. The number of hydrogen-bond donors (Lipinski definition) is 0. The molecule has 0 bridgehead atoms. The lowest BCUT2D eigenvalue weighted by Crippen LogP contribution is -2.41. The van der Waals surface area contributed by atoms with Crippen LogP contribution in [0.5, 0.6) is 5.75 Å². The van der Waals surface area contributed by atoms with Gasteiger partial charge in [0.05, 0.1) is 17.7 Å². The average molecular weight is 337 g/mol. The summed E-state index contributed by atoms with van der Waals surface area (Å²) in [5, 5.41) is 0. The van der Waals surface area contributed by atoms with Gasteiger partial charge in [0, 0.05) is 0 Å². The van der Waals surface area contributed by atoms with E-state index in [0.717, 1.165) is 16.8 Å². The fourth-order valence-electron chi connectivity index (χ4n) is 2.51. The first-order valence-electron chi connectivity index (χ1n) is 8.52. The maximum atomic E-state index is 6.05. The Bertz CT molecular complexity index is 710. The summed E-state index contributed by atoms with van der Waals surface area (Å²) < 4.78 is 17.7. The van der Waals surface area contributed by atoms with E-state index in [1.165, 1.54) is 6.40 Å². The maximum absolute atomic E-state index is 6.05. The largest absolute Gasteiger partial charge is 0.494 e. The van der Waals surface area contributed by atoms with Crippen LogP contribution < -0.4 is 10.2 Å². The Morgan fingerprint density at radius 3 is 2.12 bits per heavy atom. The molecule has 3 rings (SSSR count). The van der Waals surface area contributed by atoms with Crippen LogP contribution in [-0.4, -0.2) is 24.7 Å². The lowest BCUT2D eigenvalue weighted by molar-refractivity contribution is 0.00578. The van der Waals surface area contributed by atoms with Crippen LogP contribution in [0.15, 0.2) is 59.6 Å². The minimum atomic E-state index is -0.356. The zero-order valence-electron chi connectivity index (χ0n) is 15.2. The highest BCUT2D eigenvalue weighted by Gasteiger charge is 2.51. The van der Waals surface area contributed by atoms with E-state index >= 15 is 0 Å². The second-order valence-corrected chi connectivity index (χ2v) is 7.21. The number of aliphatic imine (C=N–C) groups is 1. The van der Waals surface area contributed by atoms with E-state index in [2.05, 4.69) is 4.99 Å². The van der Waals surface area contributed by atoms with Crippen LogP contribution in [0, 0.1) is 0 Å². The van der Waals surface area contributed by atoms with Crippen LogP contribution in [-0.2, 0) is 15.9 Å². The summed E-state index contributed by atoms with van der Waals surface area (Å²) in [4.78, 5) is 4.28. The molecule has 0 saturated carbocycles. The highest BCUT2D eigenvalue weighted by molar-refractivity contribution is 6.62. The summed E-state index contributed by atoms with van der Waals surface area (Å²) in [6.07, 6.45) is 1.48. The molecular weight excluding hydrogens is 313 g/mol. The molecule has 1 aliphatic rings. The van der Waals surface area contributed by atoms with E-state index in [-0.39, 0.29) is 18.3 Å². The summed E-state index contributed by atoms with van der Waals surface area (Å²) in [6, 6.07) is 17.8. The minimum Gasteiger partial charge on any atom is -0.446 e. The number of nitrogens with zero attached hydrogens (tertiary/aromatic N) is 1. The van der Waals surface area contributed by atoms with Crippen LogP contribution >= 0.6 is 0 Å². The number of ether oxygens (including phenoxy) is 1. The third-order valence-corrected chi connectivity index (χ3v) is 4.79. The van der Waals surface area contributed by atoms with Crippen molar-refractivity contribution in [2.24, 2.45) is 4.99 Å². The van der Waals surface area contributed by atoms with Crippen molar-refractivity contribution in [1.29, 1.82) is 0 Å². The van der Waals surface area contributed by atoms with Gasteiger partial charge in [0.15, 0.2) is 6.40 Å².